The lowest BCUT2D eigenvalue weighted by Gasteiger charge is -2.23. The van der Waals surface area contributed by atoms with Crippen molar-refractivity contribution in [2.24, 2.45) is 0 Å². The Morgan fingerprint density at radius 1 is 1.20 bits per heavy atom. The molecule has 3 heteroatoms. The van der Waals surface area contributed by atoms with Crippen LogP contribution in [0.3, 0.4) is 0 Å². The lowest BCUT2D eigenvalue weighted by molar-refractivity contribution is 0.724. The van der Waals surface area contributed by atoms with Crippen LogP contribution < -0.4 is 10.2 Å². The lowest BCUT2D eigenvalue weighted by atomic mass is 10.2. The average molecular weight is 205 g/mol. The molecule has 0 radical (unpaired) electrons. The molecule has 1 fully saturated rings. The van der Waals surface area contributed by atoms with Crippen molar-refractivity contribution in [2.45, 2.75) is 20.3 Å². The number of hydrogen-bond acceptors (Lipinski definition) is 3. The van der Waals surface area contributed by atoms with Gasteiger partial charge in [0.1, 0.15) is 0 Å². The first-order valence-corrected chi connectivity index (χ1v) is 5.67. The monoisotopic (exact) mass is 205 g/mol. The third-order valence-corrected chi connectivity index (χ3v) is 2.88. The highest BCUT2D eigenvalue weighted by atomic mass is 15.2. The zero-order valence-electron chi connectivity index (χ0n) is 9.58. The van der Waals surface area contributed by atoms with Gasteiger partial charge in [0.05, 0.1) is 11.4 Å². The summed E-state index contributed by atoms with van der Waals surface area (Å²) in [5.41, 5.74) is 3.55. The number of anilines is 1. The molecule has 3 nitrogen and oxygen atoms in total. The fourth-order valence-electron chi connectivity index (χ4n) is 2.10. The Bertz CT molecular complexity index is 328. The maximum absolute atomic E-state index is 4.52. The van der Waals surface area contributed by atoms with Gasteiger partial charge >= 0.3 is 0 Å². The molecule has 0 saturated carbocycles. The largest absolute Gasteiger partial charge is 0.369 e. The van der Waals surface area contributed by atoms with E-state index in [0.717, 1.165) is 37.6 Å². The highest BCUT2D eigenvalue weighted by Crippen LogP contribution is 2.19. The number of nitrogens with zero attached hydrogens (tertiary/aromatic N) is 2. The van der Waals surface area contributed by atoms with E-state index in [1.807, 2.05) is 6.92 Å². The third-order valence-electron chi connectivity index (χ3n) is 2.88. The SMILES string of the molecule is Cc1ccc(N2CCCNCC2)c(C)n1. The van der Waals surface area contributed by atoms with Crippen LogP contribution in [0.2, 0.25) is 0 Å². The van der Waals surface area contributed by atoms with E-state index in [1.54, 1.807) is 0 Å². The minimum atomic E-state index is 1.08. The van der Waals surface area contributed by atoms with Gasteiger partial charge in [-0.3, -0.25) is 4.98 Å². The maximum Gasteiger partial charge on any atom is 0.0608 e. The van der Waals surface area contributed by atoms with E-state index in [0.29, 0.717) is 0 Å². The van der Waals surface area contributed by atoms with Crippen LogP contribution in [0.25, 0.3) is 0 Å². The van der Waals surface area contributed by atoms with Crippen molar-refractivity contribution in [2.75, 3.05) is 31.1 Å². The van der Waals surface area contributed by atoms with Crippen molar-refractivity contribution in [1.29, 1.82) is 0 Å². The van der Waals surface area contributed by atoms with Gasteiger partial charge in [0.2, 0.25) is 0 Å². The number of hydrogen-bond donors (Lipinski definition) is 1. The van der Waals surface area contributed by atoms with E-state index in [9.17, 15) is 0 Å². The quantitative estimate of drug-likeness (QED) is 0.753. The smallest absolute Gasteiger partial charge is 0.0608 e. The van der Waals surface area contributed by atoms with Gasteiger partial charge in [-0.05, 0) is 38.9 Å². The van der Waals surface area contributed by atoms with Crippen LogP contribution in [0.1, 0.15) is 17.8 Å². The van der Waals surface area contributed by atoms with Crippen LogP contribution in [-0.2, 0) is 0 Å². The molecule has 1 aromatic rings. The first kappa shape index (κ1) is 10.4. The van der Waals surface area contributed by atoms with Crippen LogP contribution >= 0.6 is 0 Å². The minimum absolute atomic E-state index is 1.08. The number of pyridine rings is 1. The Labute approximate surface area is 91.5 Å². The molecule has 15 heavy (non-hydrogen) atoms. The summed E-state index contributed by atoms with van der Waals surface area (Å²) in [5, 5.41) is 3.42. The number of rotatable bonds is 1. The molecule has 0 amide bonds. The van der Waals surface area contributed by atoms with E-state index in [2.05, 4.69) is 34.3 Å². The Morgan fingerprint density at radius 3 is 2.87 bits per heavy atom. The molecule has 0 unspecified atom stereocenters. The third kappa shape index (κ3) is 2.48. The summed E-state index contributed by atoms with van der Waals surface area (Å²) in [5.74, 6) is 0. The molecule has 2 rings (SSSR count). The maximum atomic E-state index is 4.52. The summed E-state index contributed by atoms with van der Waals surface area (Å²) in [4.78, 5) is 6.95. The van der Waals surface area contributed by atoms with Gasteiger partial charge in [-0.1, -0.05) is 0 Å². The summed E-state index contributed by atoms with van der Waals surface area (Å²) in [6.45, 7) is 8.58. The van der Waals surface area contributed by atoms with Crippen LogP contribution in [0, 0.1) is 13.8 Å². The Hall–Kier alpha value is -1.09. The molecule has 0 atom stereocenters. The van der Waals surface area contributed by atoms with Crippen molar-refractivity contribution in [3.8, 4) is 0 Å². The summed E-state index contributed by atoms with van der Waals surface area (Å²) in [6, 6.07) is 4.30. The Kier molecular flexibility index (Phi) is 3.21. The van der Waals surface area contributed by atoms with Crippen molar-refractivity contribution in [3.05, 3.63) is 23.5 Å². The van der Waals surface area contributed by atoms with Crippen molar-refractivity contribution in [3.63, 3.8) is 0 Å². The van der Waals surface area contributed by atoms with Gasteiger partial charge in [0.15, 0.2) is 0 Å². The summed E-state index contributed by atoms with van der Waals surface area (Å²) >= 11 is 0. The highest BCUT2D eigenvalue weighted by Gasteiger charge is 2.11. The first-order valence-electron chi connectivity index (χ1n) is 5.67. The molecule has 1 aliphatic rings. The number of aromatic nitrogens is 1. The molecule has 1 aliphatic heterocycles. The highest BCUT2D eigenvalue weighted by molar-refractivity contribution is 5.50. The molecule has 0 aliphatic carbocycles. The second-order valence-electron chi connectivity index (χ2n) is 4.15. The fourth-order valence-corrected chi connectivity index (χ4v) is 2.10. The summed E-state index contributed by atoms with van der Waals surface area (Å²) in [6.07, 6.45) is 1.22. The van der Waals surface area contributed by atoms with Crippen molar-refractivity contribution < 1.29 is 0 Å². The molecule has 0 spiro atoms. The van der Waals surface area contributed by atoms with E-state index in [-0.39, 0.29) is 0 Å². The topological polar surface area (TPSA) is 28.2 Å². The molecular formula is C12H19N3. The van der Waals surface area contributed by atoms with E-state index in [1.165, 1.54) is 12.1 Å². The Morgan fingerprint density at radius 2 is 2.07 bits per heavy atom. The number of nitrogens with one attached hydrogen (secondary N) is 1. The minimum Gasteiger partial charge on any atom is -0.369 e. The number of aryl methyl sites for hydroxylation is 2. The summed E-state index contributed by atoms with van der Waals surface area (Å²) < 4.78 is 0. The lowest BCUT2D eigenvalue weighted by Crippen LogP contribution is -2.28. The molecular weight excluding hydrogens is 186 g/mol. The van der Waals surface area contributed by atoms with Crippen LogP contribution in [0.4, 0.5) is 5.69 Å². The zero-order valence-corrected chi connectivity index (χ0v) is 9.58. The Balaban J connectivity index is 2.19. The van der Waals surface area contributed by atoms with Crippen molar-refractivity contribution >= 4 is 5.69 Å². The predicted octanol–water partition coefficient (Wildman–Crippen LogP) is 1.50. The van der Waals surface area contributed by atoms with Gasteiger partial charge < -0.3 is 10.2 Å². The zero-order chi connectivity index (χ0) is 10.7. The molecule has 1 N–H and O–H groups in total. The van der Waals surface area contributed by atoms with Gasteiger partial charge in [0.25, 0.3) is 0 Å². The van der Waals surface area contributed by atoms with Gasteiger partial charge in [-0.15, -0.1) is 0 Å². The first-order chi connectivity index (χ1) is 7.27. The molecule has 82 valence electrons. The van der Waals surface area contributed by atoms with E-state index < -0.39 is 0 Å². The van der Waals surface area contributed by atoms with Crippen LogP contribution in [-0.4, -0.2) is 31.2 Å². The van der Waals surface area contributed by atoms with Crippen molar-refractivity contribution in [1.82, 2.24) is 10.3 Å². The second-order valence-corrected chi connectivity index (χ2v) is 4.15. The molecule has 0 bridgehead atoms. The normalized spacial score (nSPS) is 17.6. The second kappa shape index (κ2) is 4.62. The van der Waals surface area contributed by atoms with Gasteiger partial charge in [0, 0.05) is 25.3 Å². The summed E-state index contributed by atoms with van der Waals surface area (Å²) in [7, 11) is 0. The molecule has 1 aromatic heterocycles. The predicted molar refractivity (Wildman–Crippen MR) is 63.4 cm³/mol. The van der Waals surface area contributed by atoms with Gasteiger partial charge in [-0.2, -0.15) is 0 Å². The standard InChI is InChI=1S/C12H19N3/c1-10-4-5-12(11(2)14-10)15-8-3-6-13-7-9-15/h4-5,13H,3,6-9H2,1-2H3. The fraction of sp³-hybridized carbons (Fsp3) is 0.583. The molecule has 2 heterocycles. The molecule has 0 aromatic carbocycles. The molecule has 1 saturated heterocycles. The van der Waals surface area contributed by atoms with Crippen LogP contribution in [0.15, 0.2) is 12.1 Å². The average Bonchev–Trinajstić information content (AvgIpc) is 2.46. The van der Waals surface area contributed by atoms with E-state index >= 15 is 0 Å². The van der Waals surface area contributed by atoms with E-state index in [4.69, 9.17) is 0 Å². The van der Waals surface area contributed by atoms with Crippen LogP contribution in [0.5, 0.6) is 0 Å². The van der Waals surface area contributed by atoms with Gasteiger partial charge in [-0.25, -0.2) is 0 Å².